The molecule has 0 aromatic carbocycles. The number of hydrogen-bond acceptors (Lipinski definition) is 6. The van der Waals surface area contributed by atoms with E-state index in [1.54, 1.807) is 18.3 Å². The predicted molar refractivity (Wildman–Crippen MR) is 64.1 cm³/mol. The van der Waals surface area contributed by atoms with Gasteiger partial charge in [0.05, 0.1) is 24.2 Å². The van der Waals surface area contributed by atoms with Crippen LogP contribution in [0.4, 0.5) is 0 Å². The normalized spacial score (nSPS) is 12.6. The van der Waals surface area contributed by atoms with E-state index in [4.69, 9.17) is 20.9 Å². The Labute approximate surface area is 109 Å². The molecule has 18 heavy (non-hydrogen) atoms. The fourth-order valence-corrected chi connectivity index (χ4v) is 1.64. The Morgan fingerprint density at radius 3 is 3.11 bits per heavy atom. The Bertz CT molecular complexity index is 518. The van der Waals surface area contributed by atoms with E-state index < -0.39 is 6.10 Å². The lowest BCUT2D eigenvalue weighted by atomic mass is 10.2. The van der Waals surface area contributed by atoms with E-state index in [-0.39, 0.29) is 13.0 Å². The molecule has 1 atom stereocenters. The summed E-state index contributed by atoms with van der Waals surface area (Å²) in [6.07, 6.45) is 1.14. The first kappa shape index (κ1) is 12.9. The number of hydrogen-bond donors (Lipinski definition) is 1. The van der Waals surface area contributed by atoms with Gasteiger partial charge in [-0.3, -0.25) is 4.98 Å². The molecule has 0 amide bonds. The van der Waals surface area contributed by atoms with Crippen LogP contribution < -0.4 is 0 Å². The Balaban J connectivity index is 2.13. The number of rotatable bonds is 5. The molecular weight excluding hydrogens is 258 g/mol. The zero-order valence-corrected chi connectivity index (χ0v) is 10.5. The Hall–Kier alpha value is -1.50. The molecule has 0 aliphatic carbocycles. The highest BCUT2D eigenvalue weighted by Gasteiger charge is 2.15. The number of nitrogens with zero attached hydrogens (tertiary/aromatic N) is 3. The van der Waals surface area contributed by atoms with E-state index in [1.807, 2.05) is 0 Å². The van der Waals surface area contributed by atoms with Crippen LogP contribution in [-0.4, -0.2) is 40.1 Å². The molecule has 0 aliphatic heterocycles. The molecule has 2 aromatic rings. The van der Waals surface area contributed by atoms with Gasteiger partial charge < -0.3 is 14.4 Å². The summed E-state index contributed by atoms with van der Waals surface area (Å²) in [5.41, 5.74) is 0.454. The summed E-state index contributed by atoms with van der Waals surface area (Å²) in [4.78, 5) is 8.20. The van der Waals surface area contributed by atoms with Gasteiger partial charge in [0.25, 0.3) is 0 Å². The molecule has 2 rings (SSSR count). The first-order valence-electron chi connectivity index (χ1n) is 5.31. The predicted octanol–water partition coefficient (Wildman–Crippen LogP) is 1.33. The third-order valence-electron chi connectivity index (χ3n) is 2.21. The van der Waals surface area contributed by atoms with E-state index >= 15 is 0 Å². The van der Waals surface area contributed by atoms with Crippen LogP contribution in [0, 0.1) is 0 Å². The van der Waals surface area contributed by atoms with E-state index in [9.17, 15) is 5.11 Å². The highest BCUT2D eigenvalue weighted by Crippen LogP contribution is 2.22. The summed E-state index contributed by atoms with van der Waals surface area (Å²) in [5, 5.41) is 13.8. The van der Waals surface area contributed by atoms with Gasteiger partial charge >= 0.3 is 0 Å². The van der Waals surface area contributed by atoms with Gasteiger partial charge in [-0.1, -0.05) is 16.8 Å². The number of pyridine rings is 1. The van der Waals surface area contributed by atoms with Crippen molar-refractivity contribution < 1.29 is 14.4 Å². The Morgan fingerprint density at radius 2 is 2.39 bits per heavy atom. The largest absolute Gasteiger partial charge is 0.390 e. The molecular formula is C11H12ClN3O3. The zero-order chi connectivity index (χ0) is 13.0. The van der Waals surface area contributed by atoms with Crippen LogP contribution >= 0.6 is 11.6 Å². The van der Waals surface area contributed by atoms with Gasteiger partial charge in [-0.25, -0.2) is 0 Å². The monoisotopic (exact) mass is 269 g/mol. The fourth-order valence-electron chi connectivity index (χ4n) is 1.44. The summed E-state index contributed by atoms with van der Waals surface area (Å²) >= 11 is 5.97. The van der Waals surface area contributed by atoms with Gasteiger partial charge in [-0.05, 0) is 12.1 Å². The average Bonchev–Trinajstić information content (AvgIpc) is 2.78. The lowest BCUT2D eigenvalue weighted by Gasteiger charge is -2.04. The minimum atomic E-state index is -0.678. The number of aliphatic hydroxyl groups excluding tert-OH is 1. The maximum atomic E-state index is 9.54. The van der Waals surface area contributed by atoms with Gasteiger partial charge in [0, 0.05) is 13.3 Å². The van der Waals surface area contributed by atoms with Crippen molar-refractivity contribution in [3.63, 3.8) is 0 Å². The van der Waals surface area contributed by atoms with Gasteiger partial charge in [-0.2, -0.15) is 4.98 Å². The van der Waals surface area contributed by atoms with Crippen LogP contribution in [0.25, 0.3) is 11.5 Å². The van der Waals surface area contributed by atoms with Crippen LogP contribution in [-0.2, 0) is 11.2 Å². The number of ether oxygens (including phenoxy) is 1. The molecule has 6 nitrogen and oxygen atoms in total. The number of aliphatic hydroxyl groups is 1. The third kappa shape index (κ3) is 3.04. The SMILES string of the molecule is COCC(O)Cc1nc(-c2ncccc2Cl)no1. The summed E-state index contributed by atoms with van der Waals surface area (Å²) in [7, 11) is 1.51. The van der Waals surface area contributed by atoms with Crippen LogP contribution in [0.3, 0.4) is 0 Å². The maximum absolute atomic E-state index is 9.54. The number of methoxy groups -OCH3 is 1. The first-order valence-corrected chi connectivity index (χ1v) is 5.69. The van der Waals surface area contributed by atoms with Crippen molar-refractivity contribution in [1.82, 2.24) is 15.1 Å². The van der Waals surface area contributed by atoms with Crippen molar-refractivity contribution in [2.75, 3.05) is 13.7 Å². The lowest BCUT2D eigenvalue weighted by molar-refractivity contribution is 0.0599. The van der Waals surface area contributed by atoms with E-state index in [2.05, 4.69) is 15.1 Å². The average molecular weight is 270 g/mol. The highest BCUT2D eigenvalue weighted by atomic mass is 35.5. The molecule has 0 aliphatic rings. The van der Waals surface area contributed by atoms with Gasteiger partial charge in [-0.15, -0.1) is 0 Å². The lowest BCUT2D eigenvalue weighted by Crippen LogP contribution is -2.17. The topological polar surface area (TPSA) is 81.3 Å². The smallest absolute Gasteiger partial charge is 0.229 e. The molecule has 0 fully saturated rings. The second kappa shape index (κ2) is 5.90. The van der Waals surface area contributed by atoms with Crippen molar-refractivity contribution in [1.29, 1.82) is 0 Å². The molecule has 2 aromatic heterocycles. The number of aromatic nitrogens is 3. The van der Waals surface area contributed by atoms with Crippen molar-refractivity contribution in [2.24, 2.45) is 0 Å². The molecule has 1 unspecified atom stereocenters. The molecule has 0 spiro atoms. The molecule has 7 heteroatoms. The molecule has 2 heterocycles. The van der Waals surface area contributed by atoms with E-state index in [0.29, 0.717) is 22.4 Å². The zero-order valence-electron chi connectivity index (χ0n) is 9.71. The molecule has 0 radical (unpaired) electrons. The van der Waals surface area contributed by atoms with E-state index in [1.165, 1.54) is 7.11 Å². The quantitative estimate of drug-likeness (QED) is 0.882. The molecule has 0 bridgehead atoms. The second-order valence-electron chi connectivity index (χ2n) is 3.66. The second-order valence-corrected chi connectivity index (χ2v) is 4.07. The number of halogens is 1. The maximum Gasteiger partial charge on any atom is 0.229 e. The summed E-state index contributed by atoms with van der Waals surface area (Å²) in [6, 6.07) is 3.41. The van der Waals surface area contributed by atoms with Gasteiger partial charge in [0.15, 0.2) is 0 Å². The third-order valence-corrected chi connectivity index (χ3v) is 2.51. The van der Waals surface area contributed by atoms with Crippen LogP contribution in [0.1, 0.15) is 5.89 Å². The van der Waals surface area contributed by atoms with Crippen LogP contribution in [0.15, 0.2) is 22.9 Å². The molecule has 96 valence electrons. The highest BCUT2D eigenvalue weighted by molar-refractivity contribution is 6.32. The Kier molecular flexibility index (Phi) is 4.24. The fraction of sp³-hybridized carbons (Fsp3) is 0.364. The van der Waals surface area contributed by atoms with Gasteiger partial charge in [0.2, 0.25) is 11.7 Å². The summed E-state index contributed by atoms with van der Waals surface area (Å²) in [6.45, 7) is 0.210. The van der Waals surface area contributed by atoms with Crippen molar-refractivity contribution in [2.45, 2.75) is 12.5 Å². The summed E-state index contributed by atoms with van der Waals surface area (Å²) < 4.78 is 9.83. The Morgan fingerprint density at radius 1 is 1.56 bits per heavy atom. The summed E-state index contributed by atoms with van der Waals surface area (Å²) in [5.74, 6) is 0.622. The van der Waals surface area contributed by atoms with E-state index in [0.717, 1.165) is 0 Å². The van der Waals surface area contributed by atoms with Gasteiger partial charge in [0.1, 0.15) is 5.69 Å². The van der Waals surface area contributed by atoms with Crippen molar-refractivity contribution in [3.8, 4) is 11.5 Å². The molecule has 0 saturated heterocycles. The van der Waals surface area contributed by atoms with Crippen LogP contribution in [0.2, 0.25) is 5.02 Å². The minimum Gasteiger partial charge on any atom is -0.390 e. The molecule has 1 N–H and O–H groups in total. The van der Waals surface area contributed by atoms with Crippen molar-refractivity contribution >= 4 is 11.6 Å². The van der Waals surface area contributed by atoms with Crippen LogP contribution in [0.5, 0.6) is 0 Å². The minimum absolute atomic E-state index is 0.210. The van der Waals surface area contributed by atoms with Crippen molar-refractivity contribution in [3.05, 3.63) is 29.2 Å². The first-order chi connectivity index (χ1) is 8.70. The molecule has 0 saturated carbocycles. The standard InChI is InChI=1S/C11H12ClN3O3/c1-17-6-7(16)5-9-14-11(15-18-9)10-8(12)3-2-4-13-10/h2-4,7,16H,5-6H2,1H3.